The van der Waals surface area contributed by atoms with Crippen molar-refractivity contribution in [3.63, 3.8) is 0 Å². The molecular formula is C50H70. The van der Waals surface area contributed by atoms with E-state index in [0.29, 0.717) is 29.6 Å². The predicted molar refractivity (Wildman–Crippen MR) is 226 cm³/mol. The summed E-state index contributed by atoms with van der Waals surface area (Å²) < 4.78 is 0. The van der Waals surface area contributed by atoms with Gasteiger partial charge in [-0.05, 0) is 103 Å². The van der Waals surface area contributed by atoms with Crippen molar-refractivity contribution in [2.24, 2.45) is 0 Å². The van der Waals surface area contributed by atoms with Gasteiger partial charge in [0.05, 0.1) is 0 Å². The summed E-state index contributed by atoms with van der Waals surface area (Å²) in [5.74, 6) is 3.27. The Morgan fingerprint density at radius 3 is 0.700 bits per heavy atom. The molecule has 0 heteroatoms. The quantitative estimate of drug-likeness (QED) is 0.175. The first-order valence-electron chi connectivity index (χ1n) is 18.8. The van der Waals surface area contributed by atoms with E-state index in [9.17, 15) is 0 Å². The molecule has 5 aromatic carbocycles. The van der Waals surface area contributed by atoms with Gasteiger partial charge in [0.1, 0.15) is 0 Å². The Labute approximate surface area is 309 Å². The topological polar surface area (TPSA) is 0 Å². The zero-order chi connectivity index (χ0) is 37.8. The lowest BCUT2D eigenvalue weighted by Crippen LogP contribution is -1.89. The summed E-state index contributed by atoms with van der Waals surface area (Å²) >= 11 is 0. The van der Waals surface area contributed by atoms with Crippen LogP contribution in [0.15, 0.2) is 121 Å². The van der Waals surface area contributed by atoms with E-state index in [0.717, 1.165) is 0 Å². The molecule has 0 aliphatic carbocycles. The van der Waals surface area contributed by atoms with Crippen LogP contribution in [0.4, 0.5) is 0 Å². The summed E-state index contributed by atoms with van der Waals surface area (Å²) in [7, 11) is 0. The lowest BCUT2D eigenvalue weighted by Gasteiger charge is -2.07. The van der Waals surface area contributed by atoms with Gasteiger partial charge in [0, 0.05) is 0 Å². The highest BCUT2D eigenvalue weighted by molar-refractivity contribution is 5.29. The Kier molecular flexibility index (Phi) is 20.7. The molecule has 0 fully saturated rings. The van der Waals surface area contributed by atoms with E-state index in [1.54, 1.807) is 0 Å². The van der Waals surface area contributed by atoms with Crippen LogP contribution in [0.25, 0.3) is 0 Å². The molecule has 0 amide bonds. The predicted octanol–water partition coefficient (Wildman–Crippen LogP) is 15.6. The first kappa shape index (κ1) is 44.1. The smallest absolute Gasteiger partial charge is 0.0216 e. The molecule has 0 unspecified atom stereocenters. The maximum atomic E-state index is 2.24. The third kappa shape index (κ3) is 17.7. The summed E-state index contributed by atoms with van der Waals surface area (Å²) in [6.45, 7) is 32.9. The van der Waals surface area contributed by atoms with Gasteiger partial charge in [-0.2, -0.15) is 0 Å². The molecule has 0 heterocycles. The minimum absolute atomic E-state index is 0.653. The van der Waals surface area contributed by atoms with Crippen LogP contribution in [0, 0.1) is 34.6 Å². The zero-order valence-corrected chi connectivity index (χ0v) is 34.4. The van der Waals surface area contributed by atoms with Crippen molar-refractivity contribution in [3.05, 3.63) is 177 Å². The van der Waals surface area contributed by atoms with Crippen molar-refractivity contribution in [2.75, 3.05) is 0 Å². The first-order chi connectivity index (χ1) is 23.5. The SMILES string of the molecule is Cc1cccc(C(C)C)c1.Cc1cccc(C(C)C)c1.Cc1cccc(C(C)C)c1.Cc1ccccc1C(C)C.Cc1ccccc1C(C)C. The fourth-order valence-electron chi connectivity index (χ4n) is 5.56. The Morgan fingerprint density at radius 2 is 0.540 bits per heavy atom. The van der Waals surface area contributed by atoms with Crippen LogP contribution in [-0.2, 0) is 0 Å². The number of hydrogen-bond acceptors (Lipinski definition) is 0. The largest absolute Gasteiger partial charge is 0.0620 e. The molecule has 0 radical (unpaired) electrons. The second-order valence-electron chi connectivity index (χ2n) is 15.2. The number of rotatable bonds is 5. The van der Waals surface area contributed by atoms with Gasteiger partial charge in [-0.1, -0.05) is 207 Å². The Morgan fingerprint density at radius 1 is 0.280 bits per heavy atom. The third-order valence-electron chi connectivity index (χ3n) is 8.75. The average molecular weight is 671 g/mol. The van der Waals surface area contributed by atoms with Gasteiger partial charge in [-0.15, -0.1) is 0 Å². The molecule has 0 nitrogen and oxygen atoms in total. The number of aryl methyl sites for hydroxylation is 5. The van der Waals surface area contributed by atoms with Crippen LogP contribution in [0.3, 0.4) is 0 Å². The molecule has 50 heavy (non-hydrogen) atoms. The van der Waals surface area contributed by atoms with Crippen molar-refractivity contribution in [3.8, 4) is 0 Å². The molecule has 5 aromatic rings. The molecule has 0 N–H and O–H groups in total. The van der Waals surface area contributed by atoms with Gasteiger partial charge in [0.2, 0.25) is 0 Å². The van der Waals surface area contributed by atoms with E-state index in [4.69, 9.17) is 0 Å². The molecule has 0 bridgehead atoms. The number of hydrogen-bond donors (Lipinski definition) is 0. The van der Waals surface area contributed by atoms with Crippen LogP contribution >= 0.6 is 0 Å². The van der Waals surface area contributed by atoms with Crippen molar-refractivity contribution >= 4 is 0 Å². The van der Waals surface area contributed by atoms with Gasteiger partial charge in [-0.25, -0.2) is 0 Å². The highest BCUT2D eigenvalue weighted by atomic mass is 14.1. The highest BCUT2D eigenvalue weighted by Gasteiger charge is 2.01. The zero-order valence-electron chi connectivity index (χ0n) is 34.4. The minimum atomic E-state index is 0.653. The summed E-state index contributed by atoms with van der Waals surface area (Å²) in [4.78, 5) is 0. The molecule has 0 aliphatic heterocycles. The van der Waals surface area contributed by atoms with Gasteiger partial charge in [-0.3, -0.25) is 0 Å². The average Bonchev–Trinajstić information content (AvgIpc) is 3.06. The van der Waals surface area contributed by atoms with Crippen molar-refractivity contribution in [2.45, 2.75) is 133 Å². The molecule has 5 rings (SSSR count). The van der Waals surface area contributed by atoms with E-state index in [2.05, 4.69) is 225 Å². The molecule has 0 atom stereocenters. The number of benzene rings is 5. The standard InChI is InChI=1S/5C10H14/c3*1-8(2)10-6-4-5-9(3)7-10;2*1-8(2)10-7-5-4-6-9(10)3/h5*4-8H,1-3H3. The van der Waals surface area contributed by atoms with Crippen molar-refractivity contribution < 1.29 is 0 Å². The summed E-state index contributed by atoms with van der Waals surface area (Å²) in [5.41, 5.74) is 14.1. The van der Waals surface area contributed by atoms with Gasteiger partial charge < -0.3 is 0 Å². The van der Waals surface area contributed by atoms with E-state index >= 15 is 0 Å². The van der Waals surface area contributed by atoms with E-state index in [-0.39, 0.29) is 0 Å². The third-order valence-corrected chi connectivity index (χ3v) is 8.75. The maximum absolute atomic E-state index is 2.24. The molecule has 0 spiro atoms. The van der Waals surface area contributed by atoms with Crippen LogP contribution < -0.4 is 0 Å². The van der Waals surface area contributed by atoms with E-state index in [1.807, 2.05) is 0 Å². The fraction of sp³-hybridized carbons (Fsp3) is 0.400. The molecule has 0 aliphatic rings. The Bertz CT molecular complexity index is 1460. The second kappa shape index (κ2) is 23.5. The monoisotopic (exact) mass is 671 g/mol. The summed E-state index contributed by atoms with van der Waals surface area (Å²) in [6, 6.07) is 43.1. The van der Waals surface area contributed by atoms with Crippen molar-refractivity contribution in [1.82, 2.24) is 0 Å². The van der Waals surface area contributed by atoms with Gasteiger partial charge in [0.15, 0.2) is 0 Å². The molecule has 0 aromatic heterocycles. The molecule has 0 saturated heterocycles. The van der Waals surface area contributed by atoms with Crippen LogP contribution in [0.2, 0.25) is 0 Å². The normalized spacial score (nSPS) is 10.4. The summed E-state index contributed by atoms with van der Waals surface area (Å²) in [6.07, 6.45) is 0. The first-order valence-corrected chi connectivity index (χ1v) is 18.8. The Hall–Kier alpha value is -3.90. The van der Waals surface area contributed by atoms with E-state index in [1.165, 1.54) is 55.6 Å². The molecule has 270 valence electrons. The van der Waals surface area contributed by atoms with Gasteiger partial charge >= 0.3 is 0 Å². The second-order valence-corrected chi connectivity index (χ2v) is 15.2. The van der Waals surface area contributed by atoms with E-state index < -0.39 is 0 Å². The highest BCUT2D eigenvalue weighted by Crippen LogP contribution is 2.19. The van der Waals surface area contributed by atoms with Crippen molar-refractivity contribution in [1.29, 1.82) is 0 Å². The van der Waals surface area contributed by atoms with Crippen LogP contribution in [-0.4, -0.2) is 0 Å². The molecular weight excluding hydrogens is 601 g/mol. The van der Waals surface area contributed by atoms with Crippen LogP contribution in [0.5, 0.6) is 0 Å². The Balaban J connectivity index is 0.000000312. The lowest BCUT2D eigenvalue weighted by atomic mass is 9.99. The maximum Gasteiger partial charge on any atom is -0.0216 e. The molecule has 0 saturated carbocycles. The van der Waals surface area contributed by atoms with Gasteiger partial charge in [0.25, 0.3) is 0 Å². The van der Waals surface area contributed by atoms with Crippen LogP contribution in [0.1, 0.15) is 154 Å². The lowest BCUT2D eigenvalue weighted by molar-refractivity contribution is 0.856. The fourth-order valence-corrected chi connectivity index (χ4v) is 5.56. The minimum Gasteiger partial charge on any atom is -0.0620 e. The summed E-state index contributed by atoms with van der Waals surface area (Å²) in [5, 5.41) is 0.